The van der Waals surface area contributed by atoms with E-state index in [2.05, 4.69) is 27.0 Å². The van der Waals surface area contributed by atoms with Crippen LogP contribution in [0.25, 0.3) is 17.1 Å². The standard InChI is InChI=1S/C26H20F3N3O3/c27-26(28,29)35-22-11-9-21(10-12-22)32-16-30-25(31-32)18-7-5-17(6-8-18)13-24(33)34-23-14-19-3-1-2-4-20(19)15-23/h1-12,16,23H,13-15H2. The molecule has 0 unspecified atom stereocenters. The highest BCUT2D eigenvalue weighted by Gasteiger charge is 2.31. The molecule has 0 atom stereocenters. The van der Waals surface area contributed by atoms with E-state index in [9.17, 15) is 18.0 Å². The molecular formula is C26H20F3N3O3. The number of hydrogen-bond acceptors (Lipinski definition) is 5. The van der Waals surface area contributed by atoms with E-state index in [0.29, 0.717) is 11.5 Å². The number of nitrogens with zero attached hydrogens (tertiary/aromatic N) is 3. The molecule has 0 aliphatic heterocycles. The predicted molar refractivity (Wildman–Crippen MR) is 121 cm³/mol. The molecule has 0 spiro atoms. The van der Waals surface area contributed by atoms with E-state index >= 15 is 0 Å². The van der Waals surface area contributed by atoms with Crippen LogP contribution in [0.15, 0.2) is 79.1 Å². The van der Waals surface area contributed by atoms with Crippen molar-refractivity contribution < 1.29 is 27.4 Å². The molecule has 6 nitrogen and oxygen atoms in total. The van der Waals surface area contributed by atoms with Crippen LogP contribution in [0.1, 0.15) is 16.7 Å². The van der Waals surface area contributed by atoms with Gasteiger partial charge in [0.25, 0.3) is 0 Å². The minimum absolute atomic E-state index is 0.124. The van der Waals surface area contributed by atoms with Gasteiger partial charge < -0.3 is 9.47 Å². The van der Waals surface area contributed by atoms with Crippen LogP contribution >= 0.6 is 0 Å². The topological polar surface area (TPSA) is 66.2 Å². The van der Waals surface area contributed by atoms with Crippen LogP contribution in [-0.2, 0) is 28.8 Å². The van der Waals surface area contributed by atoms with Gasteiger partial charge in [0, 0.05) is 18.4 Å². The van der Waals surface area contributed by atoms with Gasteiger partial charge in [0.15, 0.2) is 5.82 Å². The summed E-state index contributed by atoms with van der Waals surface area (Å²) in [5.74, 6) is -0.137. The second kappa shape index (κ2) is 9.25. The Balaban J connectivity index is 1.18. The summed E-state index contributed by atoms with van der Waals surface area (Å²) in [6.45, 7) is 0. The van der Waals surface area contributed by atoms with E-state index in [1.807, 2.05) is 36.4 Å². The highest BCUT2D eigenvalue weighted by atomic mass is 19.4. The summed E-state index contributed by atoms with van der Waals surface area (Å²) in [5.41, 5.74) is 4.55. The van der Waals surface area contributed by atoms with Crippen molar-refractivity contribution in [2.45, 2.75) is 31.7 Å². The zero-order valence-electron chi connectivity index (χ0n) is 18.4. The smallest absolute Gasteiger partial charge is 0.461 e. The number of carbonyl (C=O) groups excluding carboxylic acids is 1. The van der Waals surface area contributed by atoms with Crippen LogP contribution in [0.3, 0.4) is 0 Å². The number of esters is 1. The summed E-state index contributed by atoms with van der Waals surface area (Å²) in [7, 11) is 0. The molecule has 3 aromatic carbocycles. The number of aromatic nitrogens is 3. The molecule has 1 aliphatic carbocycles. The highest BCUT2D eigenvalue weighted by molar-refractivity contribution is 5.73. The maximum absolute atomic E-state index is 12.4. The monoisotopic (exact) mass is 479 g/mol. The lowest BCUT2D eigenvalue weighted by Crippen LogP contribution is -2.19. The average molecular weight is 479 g/mol. The molecule has 0 N–H and O–H groups in total. The molecule has 0 amide bonds. The Labute approximate surface area is 198 Å². The third-order valence-corrected chi connectivity index (χ3v) is 5.70. The first-order valence-electron chi connectivity index (χ1n) is 11.0. The van der Waals surface area contributed by atoms with Gasteiger partial charge in [0.05, 0.1) is 12.1 Å². The number of rotatable bonds is 6. The van der Waals surface area contributed by atoms with Gasteiger partial charge in [0.2, 0.25) is 0 Å². The number of carbonyl (C=O) groups is 1. The predicted octanol–water partition coefficient (Wildman–Crippen LogP) is 5.09. The van der Waals surface area contributed by atoms with E-state index in [4.69, 9.17) is 4.74 Å². The lowest BCUT2D eigenvalue weighted by atomic mass is 10.1. The summed E-state index contributed by atoms with van der Waals surface area (Å²) >= 11 is 0. The van der Waals surface area contributed by atoms with E-state index in [1.165, 1.54) is 46.4 Å². The Morgan fingerprint density at radius 1 is 0.943 bits per heavy atom. The second-order valence-electron chi connectivity index (χ2n) is 8.22. The van der Waals surface area contributed by atoms with Gasteiger partial charge in [-0.2, -0.15) is 0 Å². The third kappa shape index (κ3) is 5.51. The van der Waals surface area contributed by atoms with Gasteiger partial charge in [-0.05, 0) is 41.0 Å². The van der Waals surface area contributed by atoms with Gasteiger partial charge >= 0.3 is 12.3 Å². The Hall–Kier alpha value is -4.14. The Bertz CT molecular complexity index is 1310. The molecule has 35 heavy (non-hydrogen) atoms. The molecule has 1 aromatic heterocycles. The largest absolute Gasteiger partial charge is 0.573 e. The Morgan fingerprint density at radius 2 is 1.60 bits per heavy atom. The minimum atomic E-state index is -4.74. The van der Waals surface area contributed by atoms with Gasteiger partial charge in [-0.3, -0.25) is 4.79 Å². The van der Waals surface area contributed by atoms with Crippen LogP contribution in [0.2, 0.25) is 0 Å². The van der Waals surface area contributed by atoms with Gasteiger partial charge in [0.1, 0.15) is 18.2 Å². The average Bonchev–Trinajstić information content (AvgIpc) is 3.46. The molecule has 1 heterocycles. The Kier molecular flexibility index (Phi) is 5.98. The third-order valence-electron chi connectivity index (χ3n) is 5.70. The van der Waals surface area contributed by atoms with Crippen LogP contribution in [-0.4, -0.2) is 33.2 Å². The highest BCUT2D eigenvalue weighted by Crippen LogP contribution is 2.25. The van der Waals surface area contributed by atoms with Crippen molar-refractivity contribution in [2.24, 2.45) is 0 Å². The molecule has 5 rings (SSSR count). The van der Waals surface area contributed by atoms with E-state index in [0.717, 1.165) is 24.0 Å². The number of halogens is 3. The normalized spacial score (nSPS) is 13.5. The first-order valence-corrected chi connectivity index (χ1v) is 11.0. The van der Waals surface area contributed by atoms with Crippen molar-refractivity contribution in [2.75, 3.05) is 0 Å². The van der Waals surface area contributed by atoms with Crippen LogP contribution in [0, 0.1) is 0 Å². The number of hydrogen-bond donors (Lipinski definition) is 0. The first-order chi connectivity index (χ1) is 16.8. The van der Waals surface area contributed by atoms with Crippen molar-refractivity contribution in [1.82, 2.24) is 14.8 Å². The maximum atomic E-state index is 12.4. The molecule has 0 saturated heterocycles. The van der Waals surface area contributed by atoms with E-state index < -0.39 is 6.36 Å². The van der Waals surface area contributed by atoms with E-state index in [-0.39, 0.29) is 24.2 Å². The molecular weight excluding hydrogens is 459 g/mol. The van der Waals surface area contributed by atoms with Gasteiger partial charge in [-0.15, -0.1) is 18.3 Å². The first kappa shape index (κ1) is 22.6. The van der Waals surface area contributed by atoms with Crippen molar-refractivity contribution in [3.05, 3.63) is 95.8 Å². The number of benzene rings is 3. The van der Waals surface area contributed by atoms with Crippen molar-refractivity contribution in [3.8, 4) is 22.8 Å². The van der Waals surface area contributed by atoms with Crippen LogP contribution in [0.5, 0.6) is 5.75 Å². The fourth-order valence-corrected chi connectivity index (χ4v) is 4.09. The quantitative estimate of drug-likeness (QED) is 0.361. The summed E-state index contributed by atoms with van der Waals surface area (Å²) in [4.78, 5) is 16.7. The Morgan fingerprint density at radius 3 is 2.23 bits per heavy atom. The number of fused-ring (bicyclic) bond motifs is 1. The zero-order chi connectivity index (χ0) is 24.4. The van der Waals surface area contributed by atoms with Crippen molar-refractivity contribution >= 4 is 5.97 Å². The molecule has 0 saturated carbocycles. The summed E-state index contributed by atoms with van der Waals surface area (Å²) in [6, 6.07) is 20.7. The minimum Gasteiger partial charge on any atom is -0.461 e. The lowest BCUT2D eigenvalue weighted by Gasteiger charge is -2.11. The molecule has 178 valence electrons. The van der Waals surface area contributed by atoms with Crippen molar-refractivity contribution in [1.29, 1.82) is 0 Å². The van der Waals surface area contributed by atoms with Gasteiger partial charge in [-0.1, -0.05) is 48.5 Å². The zero-order valence-corrected chi connectivity index (χ0v) is 18.4. The molecule has 0 bridgehead atoms. The fourth-order valence-electron chi connectivity index (χ4n) is 4.09. The molecule has 1 aliphatic rings. The summed E-state index contributed by atoms with van der Waals surface area (Å²) in [5, 5.41) is 4.38. The maximum Gasteiger partial charge on any atom is 0.573 e. The van der Waals surface area contributed by atoms with Crippen LogP contribution < -0.4 is 4.74 Å². The van der Waals surface area contributed by atoms with Crippen LogP contribution in [0.4, 0.5) is 13.2 Å². The number of ether oxygens (including phenoxy) is 2. The second-order valence-corrected chi connectivity index (χ2v) is 8.22. The summed E-state index contributed by atoms with van der Waals surface area (Å²) < 4.78 is 48.0. The molecule has 0 fully saturated rings. The van der Waals surface area contributed by atoms with Gasteiger partial charge in [-0.25, -0.2) is 9.67 Å². The molecule has 9 heteroatoms. The van der Waals surface area contributed by atoms with Crippen molar-refractivity contribution in [3.63, 3.8) is 0 Å². The molecule has 4 aromatic rings. The SMILES string of the molecule is O=C(Cc1ccc(-c2ncn(-c3ccc(OC(F)(F)F)cc3)n2)cc1)OC1Cc2ccccc2C1. The van der Waals surface area contributed by atoms with E-state index in [1.54, 1.807) is 0 Å². The number of alkyl halides is 3. The molecule has 0 radical (unpaired) electrons. The fraction of sp³-hybridized carbons (Fsp3) is 0.192. The lowest BCUT2D eigenvalue weighted by molar-refractivity contribution is -0.274. The summed E-state index contributed by atoms with van der Waals surface area (Å²) in [6.07, 6.45) is -1.74.